The van der Waals surface area contributed by atoms with Crippen LogP contribution in [0.2, 0.25) is 0 Å². The molecule has 0 rings (SSSR count). The first-order valence-corrected chi connectivity index (χ1v) is 5.36. The number of carbonyl (C=O) groups excluding carboxylic acids is 2. The van der Waals surface area contributed by atoms with Crippen LogP contribution in [0.4, 0.5) is 4.79 Å². The number of rotatable bonds is 7. The van der Waals surface area contributed by atoms with Gasteiger partial charge in [-0.1, -0.05) is 6.92 Å². The van der Waals surface area contributed by atoms with Gasteiger partial charge in [-0.25, -0.2) is 4.79 Å². The Labute approximate surface area is 94.1 Å². The highest BCUT2D eigenvalue weighted by atomic mass is 35.5. The van der Waals surface area contributed by atoms with E-state index in [-0.39, 0.29) is 31.4 Å². The zero-order valence-electron chi connectivity index (χ0n) is 8.75. The number of esters is 1. The summed E-state index contributed by atoms with van der Waals surface area (Å²) in [5.41, 5.74) is 0. The first-order valence-electron chi connectivity index (χ1n) is 4.83. The molecule has 0 radical (unpaired) electrons. The molecule has 0 bridgehead atoms. The highest BCUT2D eigenvalue weighted by Crippen LogP contribution is 1.88. The van der Waals surface area contributed by atoms with E-state index in [0.717, 1.165) is 6.42 Å². The van der Waals surface area contributed by atoms with E-state index in [9.17, 15) is 9.59 Å². The van der Waals surface area contributed by atoms with Gasteiger partial charge >= 0.3 is 12.1 Å². The molecule has 0 atom stereocenters. The second kappa shape index (κ2) is 9.58. The molecule has 0 saturated heterocycles. The Morgan fingerprint density at radius 3 is 2.60 bits per heavy atom. The summed E-state index contributed by atoms with van der Waals surface area (Å²) in [7, 11) is 0. The number of carbonyl (C=O) groups is 2. The molecule has 0 aromatic rings. The smallest absolute Gasteiger partial charge is 0.407 e. The van der Waals surface area contributed by atoms with E-state index in [1.807, 2.05) is 6.92 Å². The monoisotopic (exact) mass is 237 g/mol. The van der Waals surface area contributed by atoms with Gasteiger partial charge in [0.15, 0.2) is 0 Å². The van der Waals surface area contributed by atoms with Crippen molar-refractivity contribution in [3.05, 3.63) is 0 Å². The molecule has 15 heavy (non-hydrogen) atoms. The summed E-state index contributed by atoms with van der Waals surface area (Å²) >= 11 is 5.31. The Morgan fingerprint density at radius 1 is 1.27 bits per heavy atom. The summed E-state index contributed by atoms with van der Waals surface area (Å²) < 4.78 is 9.42. The van der Waals surface area contributed by atoms with Crippen LogP contribution in [-0.4, -0.2) is 37.7 Å². The number of amides is 1. The molecule has 0 saturated carbocycles. The van der Waals surface area contributed by atoms with Crippen molar-refractivity contribution in [2.45, 2.75) is 19.8 Å². The van der Waals surface area contributed by atoms with E-state index < -0.39 is 6.09 Å². The number of hydrogen-bond acceptors (Lipinski definition) is 4. The van der Waals surface area contributed by atoms with Crippen molar-refractivity contribution < 1.29 is 19.1 Å². The van der Waals surface area contributed by atoms with Crippen LogP contribution in [0, 0.1) is 0 Å². The normalized spacial score (nSPS) is 9.47. The fraction of sp³-hybridized carbons (Fsp3) is 0.778. The molecule has 6 heteroatoms. The predicted octanol–water partition coefficient (Wildman–Crippen LogP) is 1.29. The Balaban J connectivity index is 3.36. The average Bonchev–Trinajstić information content (AvgIpc) is 2.23. The van der Waals surface area contributed by atoms with Gasteiger partial charge in [0.05, 0.1) is 18.9 Å². The highest BCUT2D eigenvalue weighted by Gasteiger charge is 2.04. The number of nitrogens with one attached hydrogen (secondary N) is 1. The van der Waals surface area contributed by atoms with Crippen LogP contribution in [-0.2, 0) is 14.3 Å². The predicted molar refractivity (Wildman–Crippen MR) is 55.9 cm³/mol. The third-order valence-corrected chi connectivity index (χ3v) is 1.53. The van der Waals surface area contributed by atoms with Gasteiger partial charge in [-0.2, -0.15) is 0 Å². The molecular formula is C9H16ClNO4. The molecule has 0 aromatic heterocycles. The molecule has 0 unspecified atom stereocenters. The summed E-state index contributed by atoms with van der Waals surface area (Å²) in [6.07, 6.45) is 0.367. The molecule has 1 N–H and O–H groups in total. The van der Waals surface area contributed by atoms with Crippen LogP contribution in [0.15, 0.2) is 0 Å². The standard InChI is InChI=1S/C9H16ClNO4/c1-2-6-14-8(12)3-5-11-9(13)15-7-4-10/h2-7H2,1H3,(H,11,13). The number of ether oxygens (including phenoxy) is 2. The minimum atomic E-state index is -0.570. The first kappa shape index (κ1) is 14.0. The van der Waals surface area contributed by atoms with Gasteiger partial charge in [0, 0.05) is 6.54 Å². The van der Waals surface area contributed by atoms with Crippen molar-refractivity contribution in [2.75, 3.05) is 25.6 Å². The summed E-state index contributed by atoms with van der Waals surface area (Å²) in [4.78, 5) is 21.8. The Kier molecular flexibility index (Phi) is 8.96. The quantitative estimate of drug-likeness (QED) is 0.535. The molecule has 0 spiro atoms. The zero-order chi connectivity index (χ0) is 11.5. The minimum Gasteiger partial charge on any atom is -0.466 e. The average molecular weight is 238 g/mol. The third-order valence-electron chi connectivity index (χ3n) is 1.38. The maximum Gasteiger partial charge on any atom is 0.407 e. The van der Waals surface area contributed by atoms with E-state index in [1.165, 1.54) is 0 Å². The van der Waals surface area contributed by atoms with Gasteiger partial charge in [-0.3, -0.25) is 4.79 Å². The SMILES string of the molecule is CCCOC(=O)CCNC(=O)OCCCl. The van der Waals surface area contributed by atoms with E-state index in [2.05, 4.69) is 10.1 Å². The molecule has 0 aliphatic rings. The number of hydrogen-bond donors (Lipinski definition) is 1. The van der Waals surface area contributed by atoms with E-state index in [4.69, 9.17) is 16.3 Å². The molecule has 1 amide bonds. The van der Waals surface area contributed by atoms with Crippen molar-refractivity contribution in [1.82, 2.24) is 5.32 Å². The molecule has 0 fully saturated rings. The van der Waals surface area contributed by atoms with E-state index in [0.29, 0.717) is 6.61 Å². The number of alkyl halides is 1. The second-order valence-corrected chi connectivity index (χ2v) is 3.10. The molecular weight excluding hydrogens is 222 g/mol. The summed E-state index contributed by atoms with van der Waals surface area (Å²) in [5.74, 6) is -0.0686. The van der Waals surface area contributed by atoms with Crippen molar-refractivity contribution in [2.24, 2.45) is 0 Å². The van der Waals surface area contributed by atoms with Crippen LogP contribution >= 0.6 is 11.6 Å². The van der Waals surface area contributed by atoms with Crippen molar-refractivity contribution >= 4 is 23.7 Å². The fourth-order valence-corrected chi connectivity index (χ4v) is 0.814. The lowest BCUT2D eigenvalue weighted by molar-refractivity contribution is -0.143. The van der Waals surface area contributed by atoms with Crippen molar-refractivity contribution in [3.63, 3.8) is 0 Å². The van der Waals surface area contributed by atoms with Crippen LogP contribution in [0.1, 0.15) is 19.8 Å². The molecule has 88 valence electrons. The molecule has 0 aromatic carbocycles. The van der Waals surface area contributed by atoms with Gasteiger partial charge in [0.2, 0.25) is 0 Å². The Morgan fingerprint density at radius 2 is 2.00 bits per heavy atom. The zero-order valence-corrected chi connectivity index (χ0v) is 9.51. The highest BCUT2D eigenvalue weighted by molar-refractivity contribution is 6.18. The lowest BCUT2D eigenvalue weighted by Crippen LogP contribution is -2.27. The minimum absolute atomic E-state index is 0.149. The van der Waals surface area contributed by atoms with Gasteiger partial charge in [-0.15, -0.1) is 11.6 Å². The third kappa shape index (κ3) is 9.34. The van der Waals surface area contributed by atoms with Crippen LogP contribution in [0.5, 0.6) is 0 Å². The molecule has 0 heterocycles. The topological polar surface area (TPSA) is 64.6 Å². The van der Waals surface area contributed by atoms with E-state index >= 15 is 0 Å². The maximum atomic E-state index is 11.0. The second-order valence-electron chi connectivity index (χ2n) is 2.72. The number of halogens is 1. The fourth-order valence-electron chi connectivity index (χ4n) is 0.737. The largest absolute Gasteiger partial charge is 0.466 e. The summed E-state index contributed by atoms with van der Waals surface area (Å²) in [6, 6.07) is 0. The lowest BCUT2D eigenvalue weighted by atomic mass is 10.4. The van der Waals surface area contributed by atoms with Crippen LogP contribution in [0.3, 0.4) is 0 Å². The molecule has 5 nitrogen and oxygen atoms in total. The van der Waals surface area contributed by atoms with Crippen molar-refractivity contribution in [1.29, 1.82) is 0 Å². The van der Waals surface area contributed by atoms with Crippen LogP contribution < -0.4 is 5.32 Å². The lowest BCUT2D eigenvalue weighted by Gasteiger charge is -2.05. The Hall–Kier alpha value is -0.970. The Bertz CT molecular complexity index is 179. The number of alkyl carbamates (subject to hydrolysis) is 1. The van der Waals surface area contributed by atoms with Gasteiger partial charge in [0.25, 0.3) is 0 Å². The molecule has 0 aliphatic carbocycles. The van der Waals surface area contributed by atoms with Gasteiger partial charge < -0.3 is 14.8 Å². The summed E-state index contributed by atoms with van der Waals surface area (Å²) in [6.45, 7) is 2.70. The van der Waals surface area contributed by atoms with Crippen LogP contribution in [0.25, 0.3) is 0 Å². The van der Waals surface area contributed by atoms with Gasteiger partial charge in [0.1, 0.15) is 6.61 Å². The molecule has 0 aliphatic heterocycles. The maximum absolute atomic E-state index is 11.0. The summed E-state index contributed by atoms with van der Waals surface area (Å²) in [5, 5.41) is 2.40. The van der Waals surface area contributed by atoms with Gasteiger partial charge in [-0.05, 0) is 6.42 Å². The van der Waals surface area contributed by atoms with Crippen molar-refractivity contribution in [3.8, 4) is 0 Å². The first-order chi connectivity index (χ1) is 7.20. The van der Waals surface area contributed by atoms with E-state index in [1.54, 1.807) is 0 Å².